The van der Waals surface area contributed by atoms with Crippen LogP contribution in [0.1, 0.15) is 20.8 Å². The Balaban J connectivity index is 1.82. The molecule has 1 unspecified atom stereocenters. The first-order valence-electron chi connectivity index (χ1n) is 5.98. The van der Waals surface area contributed by atoms with Crippen LogP contribution in [0.15, 0.2) is 12.4 Å². The lowest BCUT2D eigenvalue weighted by atomic mass is 10.1. The highest BCUT2D eigenvalue weighted by Crippen LogP contribution is 2.26. The van der Waals surface area contributed by atoms with Gasteiger partial charge in [-0.25, -0.2) is 9.97 Å². The molecule has 6 heteroatoms. The fourth-order valence-corrected chi connectivity index (χ4v) is 1.73. The van der Waals surface area contributed by atoms with Crippen molar-refractivity contribution in [2.45, 2.75) is 32.7 Å². The van der Waals surface area contributed by atoms with Crippen molar-refractivity contribution in [1.29, 1.82) is 0 Å². The van der Waals surface area contributed by atoms with Crippen LogP contribution in [0.4, 0.5) is 5.95 Å². The number of ether oxygens (including phenoxy) is 3. The van der Waals surface area contributed by atoms with Crippen molar-refractivity contribution in [2.24, 2.45) is 5.92 Å². The number of nitrogens with two attached hydrogens (primary N) is 1. The predicted molar refractivity (Wildman–Crippen MR) is 66.0 cm³/mol. The summed E-state index contributed by atoms with van der Waals surface area (Å²) in [4.78, 5) is 7.73. The molecule has 18 heavy (non-hydrogen) atoms. The van der Waals surface area contributed by atoms with E-state index in [2.05, 4.69) is 16.9 Å². The molecule has 1 aromatic rings. The SMILES string of the molecule is CC(COc1cnc(N)nc1)[C@@H]1COC(C)(C)O1. The summed E-state index contributed by atoms with van der Waals surface area (Å²) >= 11 is 0. The Morgan fingerprint density at radius 3 is 2.72 bits per heavy atom. The Morgan fingerprint density at radius 1 is 1.50 bits per heavy atom. The predicted octanol–water partition coefficient (Wildman–Crippen LogP) is 1.23. The summed E-state index contributed by atoms with van der Waals surface area (Å²) in [6.07, 6.45) is 3.17. The van der Waals surface area contributed by atoms with E-state index in [1.807, 2.05) is 13.8 Å². The average molecular weight is 253 g/mol. The molecule has 1 saturated heterocycles. The summed E-state index contributed by atoms with van der Waals surface area (Å²) in [6.45, 7) is 7.00. The van der Waals surface area contributed by atoms with Crippen LogP contribution in [0, 0.1) is 5.92 Å². The molecule has 1 fully saturated rings. The lowest BCUT2D eigenvalue weighted by molar-refractivity contribution is -0.144. The summed E-state index contributed by atoms with van der Waals surface area (Å²) in [5.41, 5.74) is 5.40. The maximum atomic E-state index is 5.76. The molecule has 0 bridgehead atoms. The van der Waals surface area contributed by atoms with Gasteiger partial charge < -0.3 is 19.9 Å². The molecular formula is C12H19N3O3. The van der Waals surface area contributed by atoms with Crippen LogP contribution in [0.25, 0.3) is 0 Å². The summed E-state index contributed by atoms with van der Waals surface area (Å²) < 4.78 is 16.9. The van der Waals surface area contributed by atoms with Gasteiger partial charge in [-0.15, -0.1) is 0 Å². The first-order valence-corrected chi connectivity index (χ1v) is 5.98. The Morgan fingerprint density at radius 2 is 2.17 bits per heavy atom. The van der Waals surface area contributed by atoms with E-state index in [0.29, 0.717) is 19.0 Å². The molecule has 1 aliphatic rings. The van der Waals surface area contributed by atoms with E-state index < -0.39 is 5.79 Å². The van der Waals surface area contributed by atoms with E-state index in [9.17, 15) is 0 Å². The Hall–Kier alpha value is -1.40. The molecule has 2 rings (SSSR count). The van der Waals surface area contributed by atoms with Crippen molar-refractivity contribution in [3.63, 3.8) is 0 Å². The van der Waals surface area contributed by atoms with Gasteiger partial charge in [0.1, 0.15) is 0 Å². The molecule has 0 aliphatic carbocycles. The van der Waals surface area contributed by atoms with Crippen LogP contribution >= 0.6 is 0 Å². The van der Waals surface area contributed by atoms with Crippen molar-refractivity contribution in [2.75, 3.05) is 18.9 Å². The van der Waals surface area contributed by atoms with Gasteiger partial charge in [0.25, 0.3) is 0 Å². The van der Waals surface area contributed by atoms with Gasteiger partial charge in [-0.3, -0.25) is 0 Å². The Kier molecular flexibility index (Phi) is 3.68. The van der Waals surface area contributed by atoms with Crippen LogP contribution in [-0.2, 0) is 9.47 Å². The molecular weight excluding hydrogens is 234 g/mol. The zero-order valence-electron chi connectivity index (χ0n) is 10.9. The molecule has 6 nitrogen and oxygen atoms in total. The number of aromatic nitrogens is 2. The molecule has 2 heterocycles. The summed E-state index contributed by atoms with van der Waals surface area (Å²) in [6, 6.07) is 0. The fraction of sp³-hybridized carbons (Fsp3) is 0.667. The molecule has 0 aromatic carbocycles. The highest BCUT2D eigenvalue weighted by atomic mass is 16.7. The van der Waals surface area contributed by atoms with Crippen LogP contribution in [-0.4, -0.2) is 35.1 Å². The normalized spacial score (nSPS) is 23.8. The number of hydrogen-bond acceptors (Lipinski definition) is 6. The standard InChI is InChI=1S/C12H19N3O3/c1-8(10-7-17-12(2,3)18-10)6-16-9-4-14-11(13)15-5-9/h4-5,8,10H,6-7H2,1-3H3,(H2,13,14,15)/t8?,10-/m0/s1. The lowest BCUT2D eigenvalue weighted by Gasteiger charge is -2.21. The van der Waals surface area contributed by atoms with Gasteiger partial charge in [0, 0.05) is 5.92 Å². The number of nitrogen functional groups attached to an aromatic ring is 1. The highest BCUT2D eigenvalue weighted by molar-refractivity contribution is 5.21. The molecule has 2 atom stereocenters. The maximum Gasteiger partial charge on any atom is 0.220 e. The second-order valence-corrected chi connectivity index (χ2v) is 4.93. The quantitative estimate of drug-likeness (QED) is 0.869. The van der Waals surface area contributed by atoms with E-state index >= 15 is 0 Å². The first kappa shape index (κ1) is 13.0. The number of anilines is 1. The van der Waals surface area contributed by atoms with Gasteiger partial charge in [0.2, 0.25) is 5.95 Å². The maximum absolute atomic E-state index is 5.76. The van der Waals surface area contributed by atoms with Crippen molar-refractivity contribution in [3.05, 3.63) is 12.4 Å². The third-order valence-electron chi connectivity index (χ3n) is 2.83. The van der Waals surface area contributed by atoms with Crippen molar-refractivity contribution in [3.8, 4) is 5.75 Å². The minimum Gasteiger partial charge on any atom is -0.490 e. The minimum absolute atomic E-state index is 0.0506. The monoisotopic (exact) mass is 253 g/mol. The van der Waals surface area contributed by atoms with Gasteiger partial charge in [-0.2, -0.15) is 0 Å². The largest absolute Gasteiger partial charge is 0.490 e. The number of nitrogens with zero attached hydrogens (tertiary/aromatic N) is 2. The number of hydrogen-bond donors (Lipinski definition) is 1. The lowest BCUT2D eigenvalue weighted by Crippen LogP contribution is -2.28. The van der Waals surface area contributed by atoms with Crippen LogP contribution in [0.5, 0.6) is 5.75 Å². The third kappa shape index (κ3) is 3.30. The van der Waals surface area contributed by atoms with Gasteiger partial charge >= 0.3 is 0 Å². The molecule has 0 spiro atoms. The molecule has 1 aliphatic heterocycles. The van der Waals surface area contributed by atoms with Crippen molar-refractivity contribution < 1.29 is 14.2 Å². The summed E-state index contributed by atoms with van der Waals surface area (Å²) in [7, 11) is 0. The smallest absolute Gasteiger partial charge is 0.220 e. The minimum atomic E-state index is -0.497. The van der Waals surface area contributed by atoms with Gasteiger partial charge in [-0.05, 0) is 13.8 Å². The molecule has 0 radical (unpaired) electrons. The third-order valence-corrected chi connectivity index (χ3v) is 2.83. The van der Waals surface area contributed by atoms with Crippen LogP contribution in [0.3, 0.4) is 0 Å². The first-order chi connectivity index (χ1) is 8.46. The molecule has 0 saturated carbocycles. The topological polar surface area (TPSA) is 79.5 Å². The molecule has 2 N–H and O–H groups in total. The Bertz CT molecular complexity index is 394. The van der Waals surface area contributed by atoms with E-state index in [-0.39, 0.29) is 18.0 Å². The second kappa shape index (κ2) is 5.07. The molecule has 100 valence electrons. The van der Waals surface area contributed by atoms with Crippen molar-refractivity contribution >= 4 is 5.95 Å². The zero-order valence-corrected chi connectivity index (χ0v) is 10.9. The summed E-state index contributed by atoms with van der Waals surface area (Å²) in [5, 5.41) is 0. The second-order valence-electron chi connectivity index (χ2n) is 4.93. The van der Waals surface area contributed by atoms with Gasteiger partial charge in [0.05, 0.1) is 31.7 Å². The van der Waals surface area contributed by atoms with E-state index in [1.54, 1.807) is 12.4 Å². The average Bonchev–Trinajstić information content (AvgIpc) is 2.69. The molecule has 1 aromatic heterocycles. The Labute approximate surface area is 106 Å². The van der Waals surface area contributed by atoms with E-state index in [0.717, 1.165) is 0 Å². The highest BCUT2D eigenvalue weighted by Gasteiger charge is 2.35. The van der Waals surface area contributed by atoms with Gasteiger partial charge in [-0.1, -0.05) is 6.92 Å². The van der Waals surface area contributed by atoms with E-state index in [4.69, 9.17) is 19.9 Å². The van der Waals surface area contributed by atoms with Crippen LogP contribution < -0.4 is 10.5 Å². The van der Waals surface area contributed by atoms with Gasteiger partial charge in [0.15, 0.2) is 11.5 Å². The summed E-state index contributed by atoms with van der Waals surface area (Å²) in [5.74, 6) is 0.576. The zero-order chi connectivity index (χ0) is 13.2. The van der Waals surface area contributed by atoms with Crippen molar-refractivity contribution in [1.82, 2.24) is 9.97 Å². The molecule has 0 amide bonds. The van der Waals surface area contributed by atoms with Crippen LogP contribution in [0.2, 0.25) is 0 Å². The fourth-order valence-electron chi connectivity index (χ4n) is 1.73. The number of rotatable bonds is 4. The van der Waals surface area contributed by atoms with E-state index in [1.165, 1.54) is 0 Å².